The molecule has 7 heteroatoms. The van der Waals surface area contributed by atoms with Crippen molar-refractivity contribution in [2.75, 3.05) is 37.7 Å². The first-order valence-electron chi connectivity index (χ1n) is 10.6. The van der Waals surface area contributed by atoms with Crippen molar-refractivity contribution >= 4 is 29.2 Å². The third-order valence-corrected chi connectivity index (χ3v) is 5.72. The Hall–Kier alpha value is -2.73. The third kappa shape index (κ3) is 6.62. The summed E-state index contributed by atoms with van der Waals surface area (Å²) in [6, 6.07) is 15.6. The molecule has 0 N–H and O–H groups in total. The van der Waals surface area contributed by atoms with E-state index in [9.17, 15) is 9.59 Å². The number of benzene rings is 2. The molecule has 31 heavy (non-hydrogen) atoms. The number of amides is 1. The van der Waals surface area contributed by atoms with Gasteiger partial charge >= 0.3 is 5.97 Å². The van der Waals surface area contributed by atoms with Crippen molar-refractivity contribution in [1.82, 2.24) is 4.90 Å². The molecule has 2 aromatic rings. The molecule has 1 atom stereocenters. The van der Waals surface area contributed by atoms with E-state index in [4.69, 9.17) is 21.1 Å². The van der Waals surface area contributed by atoms with Crippen molar-refractivity contribution in [3.05, 3.63) is 59.1 Å². The summed E-state index contributed by atoms with van der Waals surface area (Å²) < 4.78 is 11.0. The van der Waals surface area contributed by atoms with Crippen LogP contribution >= 0.6 is 11.6 Å². The van der Waals surface area contributed by atoms with Crippen LogP contribution in [0.5, 0.6) is 5.75 Å². The van der Waals surface area contributed by atoms with Gasteiger partial charge in [-0.25, -0.2) is 0 Å². The Kier molecular flexibility index (Phi) is 8.18. The number of para-hydroxylation sites is 1. The minimum Gasteiger partial charge on any atom is -0.494 e. The first-order chi connectivity index (χ1) is 14.9. The molecule has 1 amide bonds. The number of hydrogen-bond acceptors (Lipinski definition) is 5. The van der Waals surface area contributed by atoms with Crippen LogP contribution in [0.4, 0.5) is 5.69 Å². The van der Waals surface area contributed by atoms with Crippen molar-refractivity contribution in [2.45, 2.75) is 32.8 Å². The van der Waals surface area contributed by atoms with Gasteiger partial charge in [0.15, 0.2) is 6.10 Å². The van der Waals surface area contributed by atoms with Gasteiger partial charge in [-0.2, -0.15) is 0 Å². The van der Waals surface area contributed by atoms with E-state index in [1.165, 1.54) is 0 Å². The highest BCUT2D eigenvalue weighted by Crippen LogP contribution is 2.21. The summed E-state index contributed by atoms with van der Waals surface area (Å²) in [5.41, 5.74) is 2.10. The SMILES string of the molecule is Cc1cc(OCCCC(=O)OC(C)C(=O)N2CCN(c3ccccc3)CC2)ccc1Cl. The number of anilines is 1. The zero-order valence-electron chi connectivity index (χ0n) is 18.1. The molecule has 0 saturated carbocycles. The molecule has 1 heterocycles. The monoisotopic (exact) mass is 444 g/mol. The molecule has 166 valence electrons. The Morgan fingerprint density at radius 2 is 1.77 bits per heavy atom. The van der Waals surface area contributed by atoms with Crippen LogP contribution in [0.1, 0.15) is 25.3 Å². The number of hydrogen-bond donors (Lipinski definition) is 0. The number of halogens is 1. The number of esters is 1. The van der Waals surface area contributed by atoms with Gasteiger partial charge in [-0.3, -0.25) is 9.59 Å². The van der Waals surface area contributed by atoms with Crippen LogP contribution in [0.3, 0.4) is 0 Å². The van der Waals surface area contributed by atoms with Gasteiger partial charge in [0.05, 0.1) is 6.61 Å². The van der Waals surface area contributed by atoms with Crippen LogP contribution in [0.15, 0.2) is 48.5 Å². The van der Waals surface area contributed by atoms with Gasteiger partial charge in [0.25, 0.3) is 5.91 Å². The standard InChI is InChI=1S/C24H29ClN2O4/c1-18-17-21(10-11-22(18)25)30-16-6-9-23(28)31-19(2)24(29)27-14-12-26(13-15-27)20-7-4-3-5-8-20/h3-5,7-8,10-11,17,19H,6,9,12-16H2,1-2H3. The molecule has 1 fully saturated rings. The van der Waals surface area contributed by atoms with Crippen molar-refractivity contribution in [2.24, 2.45) is 0 Å². The molecule has 0 aliphatic carbocycles. The predicted molar refractivity (Wildman–Crippen MR) is 122 cm³/mol. The fraction of sp³-hybridized carbons (Fsp3) is 0.417. The number of nitrogens with zero attached hydrogens (tertiary/aromatic N) is 2. The first-order valence-corrected chi connectivity index (χ1v) is 11.0. The molecule has 1 unspecified atom stereocenters. The zero-order chi connectivity index (χ0) is 22.2. The van der Waals surface area contributed by atoms with E-state index in [1.54, 1.807) is 24.0 Å². The molecule has 0 bridgehead atoms. The molecular weight excluding hydrogens is 416 g/mol. The van der Waals surface area contributed by atoms with Crippen molar-refractivity contribution in [1.29, 1.82) is 0 Å². The van der Waals surface area contributed by atoms with Gasteiger partial charge in [-0.15, -0.1) is 0 Å². The minimum atomic E-state index is -0.782. The zero-order valence-corrected chi connectivity index (χ0v) is 18.8. The lowest BCUT2D eigenvalue weighted by Gasteiger charge is -2.37. The molecule has 1 saturated heterocycles. The Balaban J connectivity index is 1.35. The molecule has 2 aromatic carbocycles. The summed E-state index contributed by atoms with van der Waals surface area (Å²) in [4.78, 5) is 28.8. The lowest BCUT2D eigenvalue weighted by Crippen LogP contribution is -2.51. The maximum atomic E-state index is 12.6. The average molecular weight is 445 g/mol. The molecule has 0 radical (unpaired) electrons. The van der Waals surface area contributed by atoms with Crippen LogP contribution in [0.2, 0.25) is 5.02 Å². The second kappa shape index (κ2) is 11.0. The smallest absolute Gasteiger partial charge is 0.306 e. The highest BCUT2D eigenvalue weighted by atomic mass is 35.5. The van der Waals surface area contributed by atoms with E-state index in [0.717, 1.165) is 24.3 Å². The van der Waals surface area contributed by atoms with Gasteiger partial charge in [0.2, 0.25) is 0 Å². The van der Waals surface area contributed by atoms with Crippen LogP contribution in [-0.2, 0) is 14.3 Å². The maximum absolute atomic E-state index is 12.6. The van der Waals surface area contributed by atoms with E-state index in [2.05, 4.69) is 17.0 Å². The molecular formula is C24H29ClN2O4. The predicted octanol–water partition coefficient (Wildman–Crippen LogP) is 4.09. The summed E-state index contributed by atoms with van der Waals surface area (Å²) >= 11 is 6.00. The first kappa shape index (κ1) is 22.9. The quantitative estimate of drug-likeness (QED) is 0.453. The van der Waals surface area contributed by atoms with Crippen LogP contribution < -0.4 is 9.64 Å². The number of carbonyl (C=O) groups is 2. The van der Waals surface area contributed by atoms with Crippen molar-refractivity contribution in [3.63, 3.8) is 0 Å². The Morgan fingerprint density at radius 3 is 2.45 bits per heavy atom. The van der Waals surface area contributed by atoms with Crippen LogP contribution in [-0.4, -0.2) is 55.7 Å². The van der Waals surface area contributed by atoms with Crippen LogP contribution in [0, 0.1) is 6.92 Å². The Labute approximate surface area is 188 Å². The summed E-state index contributed by atoms with van der Waals surface area (Å²) in [5, 5.41) is 0.691. The topological polar surface area (TPSA) is 59.1 Å². The number of ether oxygens (including phenoxy) is 2. The maximum Gasteiger partial charge on any atom is 0.306 e. The van der Waals surface area contributed by atoms with Gasteiger partial charge in [0, 0.05) is 43.3 Å². The highest BCUT2D eigenvalue weighted by Gasteiger charge is 2.27. The Bertz CT molecular complexity index is 882. The van der Waals surface area contributed by atoms with E-state index in [0.29, 0.717) is 36.9 Å². The van der Waals surface area contributed by atoms with E-state index in [1.807, 2.05) is 31.2 Å². The molecule has 0 aromatic heterocycles. The Morgan fingerprint density at radius 1 is 1.06 bits per heavy atom. The van der Waals surface area contributed by atoms with E-state index < -0.39 is 6.10 Å². The van der Waals surface area contributed by atoms with Crippen molar-refractivity contribution < 1.29 is 19.1 Å². The fourth-order valence-corrected chi connectivity index (χ4v) is 3.62. The molecule has 0 spiro atoms. The average Bonchev–Trinajstić information content (AvgIpc) is 2.79. The summed E-state index contributed by atoms with van der Waals surface area (Å²) in [6.45, 7) is 6.69. The number of piperazine rings is 1. The second-order valence-electron chi connectivity index (χ2n) is 7.64. The minimum absolute atomic E-state index is 0.144. The summed E-state index contributed by atoms with van der Waals surface area (Å²) in [5.74, 6) is 0.182. The molecule has 3 rings (SSSR count). The lowest BCUT2D eigenvalue weighted by molar-refractivity contribution is -0.159. The lowest BCUT2D eigenvalue weighted by atomic mass is 10.2. The fourth-order valence-electron chi connectivity index (χ4n) is 3.50. The number of carbonyl (C=O) groups excluding carboxylic acids is 2. The van der Waals surface area contributed by atoms with Crippen molar-refractivity contribution in [3.8, 4) is 5.75 Å². The molecule has 1 aliphatic rings. The highest BCUT2D eigenvalue weighted by molar-refractivity contribution is 6.31. The number of aryl methyl sites for hydroxylation is 1. The van der Waals surface area contributed by atoms with E-state index in [-0.39, 0.29) is 18.3 Å². The third-order valence-electron chi connectivity index (χ3n) is 5.29. The van der Waals surface area contributed by atoms with Gasteiger partial charge < -0.3 is 19.3 Å². The molecule has 1 aliphatic heterocycles. The van der Waals surface area contributed by atoms with Crippen LogP contribution in [0.25, 0.3) is 0 Å². The number of rotatable bonds is 8. The van der Waals surface area contributed by atoms with Gasteiger partial charge in [-0.1, -0.05) is 29.8 Å². The summed E-state index contributed by atoms with van der Waals surface area (Å²) in [6.07, 6.45) is -0.0704. The summed E-state index contributed by atoms with van der Waals surface area (Å²) in [7, 11) is 0. The molecule has 6 nitrogen and oxygen atoms in total. The normalized spacial score (nSPS) is 14.8. The second-order valence-corrected chi connectivity index (χ2v) is 8.05. The van der Waals surface area contributed by atoms with Gasteiger partial charge in [0.1, 0.15) is 5.75 Å². The van der Waals surface area contributed by atoms with E-state index >= 15 is 0 Å². The van der Waals surface area contributed by atoms with Gasteiger partial charge in [-0.05, 0) is 56.2 Å². The largest absolute Gasteiger partial charge is 0.494 e.